The van der Waals surface area contributed by atoms with Gasteiger partial charge in [-0.25, -0.2) is 13.4 Å². The molecule has 124 valence electrons. The maximum absolute atomic E-state index is 12.5. The van der Waals surface area contributed by atoms with Gasteiger partial charge in [-0.15, -0.1) is 11.3 Å². The van der Waals surface area contributed by atoms with E-state index in [0.29, 0.717) is 38.9 Å². The molecule has 1 aliphatic heterocycles. The van der Waals surface area contributed by atoms with Gasteiger partial charge < -0.3 is 10.6 Å². The second-order valence-electron chi connectivity index (χ2n) is 5.61. The van der Waals surface area contributed by atoms with Crippen LogP contribution in [-0.2, 0) is 27.5 Å². The van der Waals surface area contributed by atoms with Crippen molar-refractivity contribution in [3.8, 4) is 0 Å². The molecule has 0 atom stereocenters. The number of piperidine rings is 1. The highest BCUT2D eigenvalue weighted by atomic mass is 32.2. The molecule has 0 aliphatic carbocycles. The average Bonchev–Trinajstić information content (AvgIpc) is 2.94. The van der Waals surface area contributed by atoms with Gasteiger partial charge in [0.1, 0.15) is 0 Å². The van der Waals surface area contributed by atoms with Crippen molar-refractivity contribution in [1.82, 2.24) is 15.6 Å². The van der Waals surface area contributed by atoms with Gasteiger partial charge in [0, 0.05) is 24.6 Å². The van der Waals surface area contributed by atoms with Gasteiger partial charge in [-0.2, -0.15) is 0 Å². The zero-order valence-electron chi connectivity index (χ0n) is 13.0. The number of carbonyl (C=O) groups is 1. The van der Waals surface area contributed by atoms with Crippen molar-refractivity contribution in [3.63, 3.8) is 0 Å². The van der Waals surface area contributed by atoms with E-state index in [9.17, 15) is 13.2 Å². The van der Waals surface area contributed by atoms with Gasteiger partial charge in [-0.1, -0.05) is 6.92 Å². The summed E-state index contributed by atoms with van der Waals surface area (Å²) in [5, 5.41) is 8.96. The second kappa shape index (κ2) is 7.06. The van der Waals surface area contributed by atoms with E-state index in [4.69, 9.17) is 0 Å². The highest BCUT2D eigenvalue weighted by Gasteiger charge is 2.48. The Kier molecular flexibility index (Phi) is 5.57. The number of nitrogens with one attached hydrogen (secondary N) is 2. The molecule has 1 aromatic rings. The van der Waals surface area contributed by atoms with E-state index in [1.807, 2.05) is 5.38 Å². The maximum Gasteiger partial charge on any atom is 0.241 e. The maximum atomic E-state index is 12.5. The molecule has 2 N–H and O–H groups in total. The van der Waals surface area contributed by atoms with E-state index in [1.165, 1.54) is 0 Å². The van der Waals surface area contributed by atoms with Crippen LogP contribution in [0, 0.1) is 0 Å². The number of aromatic nitrogens is 1. The molecular formula is C14H23N3O3S2. The van der Waals surface area contributed by atoms with Crippen LogP contribution in [0.1, 0.15) is 30.5 Å². The van der Waals surface area contributed by atoms with Crippen molar-refractivity contribution in [2.75, 3.05) is 25.9 Å². The standard InChI is InChI=1S/C14H23N3O3S2/c1-3-12-17-11(10-21-12)4-7-16-13(18)14(22(2,19)20)5-8-15-9-6-14/h10,15H,3-9H2,1-2H3,(H,16,18). The number of rotatable bonds is 6. The predicted molar refractivity (Wildman–Crippen MR) is 87.9 cm³/mol. The van der Waals surface area contributed by atoms with Crippen LogP contribution in [0.15, 0.2) is 5.38 Å². The van der Waals surface area contributed by atoms with Crippen LogP contribution in [0.4, 0.5) is 0 Å². The van der Waals surface area contributed by atoms with Crippen LogP contribution in [-0.4, -0.2) is 49.9 Å². The van der Waals surface area contributed by atoms with Crippen molar-refractivity contribution >= 4 is 27.1 Å². The first kappa shape index (κ1) is 17.4. The fourth-order valence-corrected chi connectivity index (χ4v) is 4.82. The summed E-state index contributed by atoms with van der Waals surface area (Å²) in [6, 6.07) is 0. The summed E-state index contributed by atoms with van der Waals surface area (Å²) >= 11 is 1.61. The largest absolute Gasteiger partial charge is 0.354 e. The zero-order valence-corrected chi connectivity index (χ0v) is 14.6. The predicted octanol–water partition coefficient (Wildman–Crippen LogP) is 0.531. The Labute approximate surface area is 135 Å². The third-order valence-electron chi connectivity index (χ3n) is 4.10. The normalized spacial score (nSPS) is 18.1. The Morgan fingerprint density at radius 2 is 2.14 bits per heavy atom. The van der Waals surface area contributed by atoms with E-state index >= 15 is 0 Å². The summed E-state index contributed by atoms with van der Waals surface area (Å²) < 4.78 is 23.0. The summed E-state index contributed by atoms with van der Waals surface area (Å²) in [6.45, 7) is 3.56. The lowest BCUT2D eigenvalue weighted by atomic mass is 9.96. The molecule has 0 spiro atoms. The van der Waals surface area contributed by atoms with Crippen LogP contribution in [0.2, 0.25) is 0 Å². The summed E-state index contributed by atoms with van der Waals surface area (Å²) in [5.74, 6) is -0.373. The SMILES string of the molecule is CCc1nc(CCNC(=O)C2(S(C)(=O)=O)CCNCC2)cs1. The smallest absolute Gasteiger partial charge is 0.241 e. The molecule has 1 aliphatic rings. The minimum atomic E-state index is -3.45. The molecule has 22 heavy (non-hydrogen) atoms. The molecule has 0 bridgehead atoms. The molecule has 2 heterocycles. The first-order valence-corrected chi connectivity index (χ1v) is 10.3. The number of carbonyl (C=O) groups excluding carboxylic acids is 1. The zero-order chi connectivity index (χ0) is 16.2. The molecule has 2 rings (SSSR count). The van der Waals surface area contributed by atoms with Crippen LogP contribution in [0.5, 0.6) is 0 Å². The first-order chi connectivity index (χ1) is 10.4. The Bertz CT molecular complexity index is 619. The van der Waals surface area contributed by atoms with Crippen molar-refractivity contribution < 1.29 is 13.2 Å². The lowest BCUT2D eigenvalue weighted by molar-refractivity contribution is -0.124. The molecule has 6 nitrogen and oxygen atoms in total. The topological polar surface area (TPSA) is 88.2 Å². The van der Waals surface area contributed by atoms with Crippen LogP contribution >= 0.6 is 11.3 Å². The average molecular weight is 345 g/mol. The van der Waals surface area contributed by atoms with E-state index < -0.39 is 14.6 Å². The summed E-state index contributed by atoms with van der Waals surface area (Å²) in [4.78, 5) is 16.9. The third-order valence-corrected chi connectivity index (χ3v) is 7.16. The molecule has 1 saturated heterocycles. The number of aryl methyl sites for hydroxylation is 1. The van der Waals surface area contributed by atoms with Crippen molar-refractivity contribution in [2.24, 2.45) is 0 Å². The third kappa shape index (κ3) is 3.67. The molecule has 1 fully saturated rings. The molecular weight excluding hydrogens is 322 g/mol. The molecule has 0 saturated carbocycles. The Hall–Kier alpha value is -0.990. The van der Waals surface area contributed by atoms with Gasteiger partial charge in [0.25, 0.3) is 0 Å². The molecule has 0 aromatic carbocycles. The van der Waals surface area contributed by atoms with Gasteiger partial charge in [-0.3, -0.25) is 4.79 Å². The highest BCUT2D eigenvalue weighted by Crippen LogP contribution is 2.27. The lowest BCUT2D eigenvalue weighted by Gasteiger charge is -2.34. The van der Waals surface area contributed by atoms with E-state index in [2.05, 4.69) is 22.5 Å². The fraction of sp³-hybridized carbons (Fsp3) is 0.714. The molecule has 0 radical (unpaired) electrons. The minimum absolute atomic E-state index is 0.328. The summed E-state index contributed by atoms with van der Waals surface area (Å²) in [7, 11) is -3.45. The highest BCUT2D eigenvalue weighted by molar-refractivity contribution is 7.92. The van der Waals surface area contributed by atoms with E-state index in [-0.39, 0.29) is 5.91 Å². The van der Waals surface area contributed by atoms with Gasteiger partial charge in [0.05, 0.1) is 10.7 Å². The fourth-order valence-electron chi connectivity index (χ4n) is 2.69. The van der Waals surface area contributed by atoms with Crippen molar-refractivity contribution in [2.45, 2.75) is 37.4 Å². The Morgan fingerprint density at radius 3 is 2.68 bits per heavy atom. The van der Waals surface area contributed by atoms with Crippen LogP contribution in [0.25, 0.3) is 0 Å². The van der Waals surface area contributed by atoms with E-state index in [1.54, 1.807) is 11.3 Å². The summed E-state index contributed by atoms with van der Waals surface area (Å²) in [6.07, 6.45) is 3.34. The van der Waals surface area contributed by atoms with Crippen molar-refractivity contribution in [3.05, 3.63) is 16.1 Å². The molecule has 0 unspecified atom stereocenters. The van der Waals surface area contributed by atoms with Gasteiger partial charge in [0.2, 0.25) is 5.91 Å². The Morgan fingerprint density at radius 1 is 1.45 bits per heavy atom. The first-order valence-electron chi connectivity index (χ1n) is 7.51. The van der Waals surface area contributed by atoms with Gasteiger partial charge in [0.15, 0.2) is 14.6 Å². The second-order valence-corrected chi connectivity index (χ2v) is 8.88. The minimum Gasteiger partial charge on any atom is -0.354 e. The van der Waals surface area contributed by atoms with Gasteiger partial charge >= 0.3 is 0 Å². The lowest BCUT2D eigenvalue weighted by Crippen LogP contribution is -2.57. The molecule has 1 amide bonds. The van der Waals surface area contributed by atoms with E-state index in [0.717, 1.165) is 23.4 Å². The number of hydrogen-bond acceptors (Lipinski definition) is 6. The van der Waals surface area contributed by atoms with Crippen LogP contribution < -0.4 is 10.6 Å². The van der Waals surface area contributed by atoms with Crippen LogP contribution in [0.3, 0.4) is 0 Å². The Balaban J connectivity index is 1.97. The summed E-state index contributed by atoms with van der Waals surface area (Å²) in [5.41, 5.74) is 0.945. The number of thiazole rings is 1. The monoisotopic (exact) mass is 345 g/mol. The molecule has 1 aromatic heterocycles. The molecule has 8 heteroatoms. The number of amides is 1. The van der Waals surface area contributed by atoms with Gasteiger partial charge in [-0.05, 0) is 32.4 Å². The number of nitrogens with zero attached hydrogens (tertiary/aromatic N) is 1. The number of sulfone groups is 1. The van der Waals surface area contributed by atoms with Crippen molar-refractivity contribution in [1.29, 1.82) is 0 Å². The number of hydrogen-bond donors (Lipinski definition) is 2. The quantitative estimate of drug-likeness (QED) is 0.785.